The van der Waals surface area contributed by atoms with E-state index < -0.39 is 11.5 Å². The van der Waals surface area contributed by atoms with Crippen LogP contribution in [0.3, 0.4) is 0 Å². The van der Waals surface area contributed by atoms with Gasteiger partial charge in [-0.3, -0.25) is 23.9 Å². The zero-order chi connectivity index (χ0) is 30.4. The maximum Gasteiger partial charge on any atom is 0.245 e. The molecule has 0 N–H and O–H groups in total. The summed E-state index contributed by atoms with van der Waals surface area (Å²) < 4.78 is 7.80. The predicted molar refractivity (Wildman–Crippen MR) is 162 cm³/mol. The van der Waals surface area contributed by atoms with Crippen molar-refractivity contribution in [2.45, 2.75) is 124 Å². The lowest BCUT2D eigenvalue weighted by Crippen LogP contribution is -2.44. The average Bonchev–Trinajstić information content (AvgIpc) is 3.35. The van der Waals surface area contributed by atoms with Gasteiger partial charge in [-0.25, -0.2) is 0 Å². The number of Topliss-reactive ketones (excluding diaryl/α,β-unsaturated/α-hetero) is 3. The Morgan fingerprint density at radius 2 is 1.83 bits per heavy atom. The summed E-state index contributed by atoms with van der Waals surface area (Å²) in [6, 6.07) is 3.42. The largest absolute Gasteiger partial charge is 0.493 e. The van der Waals surface area contributed by atoms with E-state index in [9.17, 15) is 19.2 Å². The number of hydrogen-bond acceptors (Lipinski definition) is 6. The molecule has 2 fully saturated rings. The average molecular weight is 578 g/mol. The van der Waals surface area contributed by atoms with Crippen LogP contribution >= 0.6 is 0 Å². The normalized spacial score (nSPS) is 26.3. The fourth-order valence-electron chi connectivity index (χ4n) is 7.26. The molecule has 3 aliphatic rings. The summed E-state index contributed by atoms with van der Waals surface area (Å²) >= 11 is 0. The molecule has 2 aromatic rings. The van der Waals surface area contributed by atoms with Crippen molar-refractivity contribution < 1.29 is 23.9 Å². The number of aryl methyl sites for hydroxylation is 1. The first-order valence-electron chi connectivity index (χ1n) is 15.9. The van der Waals surface area contributed by atoms with Crippen LogP contribution in [0, 0.1) is 16.7 Å². The number of carbonyl (C=O) groups is 4. The lowest BCUT2D eigenvalue weighted by atomic mass is 9.79. The van der Waals surface area contributed by atoms with Crippen LogP contribution in [-0.4, -0.2) is 56.6 Å². The monoisotopic (exact) mass is 577 g/mol. The molecule has 228 valence electrons. The van der Waals surface area contributed by atoms with Crippen LogP contribution in [0.25, 0.3) is 10.9 Å². The molecule has 5 rings (SSSR count). The van der Waals surface area contributed by atoms with E-state index in [0.717, 1.165) is 56.0 Å². The van der Waals surface area contributed by atoms with E-state index in [0.29, 0.717) is 48.6 Å². The third-order valence-corrected chi connectivity index (χ3v) is 9.88. The van der Waals surface area contributed by atoms with Crippen LogP contribution in [0.4, 0.5) is 0 Å². The zero-order valence-electron chi connectivity index (χ0n) is 26.3. The fourth-order valence-corrected chi connectivity index (χ4v) is 7.26. The minimum atomic E-state index is -0.465. The minimum absolute atomic E-state index is 0.0262. The SMILES string of the molecule is CCC(=O)[C@@H]1C[C@]23CCC(=O)C(C)(C)CCCCCc4cc(OCC(C)C)cc5c(C(C)=O)nn(c45)CC(=O)N1[C@@H]2C3. The number of ether oxygens (including phenoxy) is 1. The second-order valence-electron chi connectivity index (χ2n) is 14.0. The molecule has 1 aromatic heterocycles. The van der Waals surface area contributed by atoms with Gasteiger partial charge in [0.25, 0.3) is 0 Å². The van der Waals surface area contributed by atoms with E-state index in [4.69, 9.17) is 9.84 Å². The number of hydrogen-bond donors (Lipinski definition) is 0. The predicted octanol–water partition coefficient (Wildman–Crippen LogP) is 6.10. The summed E-state index contributed by atoms with van der Waals surface area (Å²) in [5, 5.41) is 5.41. The molecule has 2 aliphatic heterocycles. The topological polar surface area (TPSA) is 98.6 Å². The van der Waals surface area contributed by atoms with Crippen molar-refractivity contribution in [2.75, 3.05) is 6.61 Å². The van der Waals surface area contributed by atoms with E-state index in [-0.39, 0.29) is 41.3 Å². The van der Waals surface area contributed by atoms with Crippen LogP contribution in [0.5, 0.6) is 5.75 Å². The van der Waals surface area contributed by atoms with Crippen LogP contribution in [0.2, 0.25) is 0 Å². The van der Waals surface area contributed by atoms with Gasteiger partial charge in [-0.15, -0.1) is 0 Å². The van der Waals surface area contributed by atoms with E-state index in [1.54, 1.807) is 9.58 Å². The summed E-state index contributed by atoms with van der Waals surface area (Å²) in [5.74, 6) is 1.09. The van der Waals surface area contributed by atoms with Gasteiger partial charge < -0.3 is 9.64 Å². The number of amides is 1. The highest BCUT2D eigenvalue weighted by atomic mass is 16.5. The van der Waals surface area contributed by atoms with Gasteiger partial charge in [0.1, 0.15) is 23.8 Å². The molecule has 0 spiro atoms. The molecule has 1 aromatic carbocycles. The highest BCUT2D eigenvalue weighted by molar-refractivity contribution is 6.06. The van der Waals surface area contributed by atoms with Gasteiger partial charge >= 0.3 is 0 Å². The molecule has 0 radical (unpaired) electrons. The third kappa shape index (κ3) is 5.78. The molecule has 1 aliphatic carbocycles. The van der Waals surface area contributed by atoms with Crippen molar-refractivity contribution in [3.05, 3.63) is 23.4 Å². The molecule has 42 heavy (non-hydrogen) atoms. The Kier molecular flexibility index (Phi) is 8.38. The van der Waals surface area contributed by atoms with Crippen LogP contribution in [-0.2, 0) is 27.3 Å². The lowest BCUT2D eigenvalue weighted by Gasteiger charge is -2.26. The first kappa shape index (κ1) is 30.4. The quantitative estimate of drug-likeness (QED) is 0.385. The van der Waals surface area contributed by atoms with Crippen LogP contribution in [0.15, 0.2) is 12.1 Å². The Hall–Kier alpha value is -3.03. The molecule has 1 saturated carbocycles. The Morgan fingerprint density at radius 3 is 2.52 bits per heavy atom. The smallest absolute Gasteiger partial charge is 0.245 e. The highest BCUT2D eigenvalue weighted by Crippen LogP contribution is 2.62. The van der Waals surface area contributed by atoms with Gasteiger partial charge in [-0.1, -0.05) is 47.5 Å². The maximum atomic E-state index is 14.1. The van der Waals surface area contributed by atoms with E-state index in [1.165, 1.54) is 6.92 Å². The number of aromatic nitrogens is 2. The van der Waals surface area contributed by atoms with Crippen LogP contribution in [0.1, 0.15) is 115 Å². The summed E-state index contributed by atoms with van der Waals surface area (Å²) in [4.78, 5) is 55.1. The van der Waals surface area contributed by atoms with Crippen molar-refractivity contribution in [3.8, 4) is 5.75 Å². The Balaban J connectivity index is 1.57. The summed E-state index contributed by atoms with van der Waals surface area (Å²) in [6.45, 7) is 12.2. The molecule has 1 saturated heterocycles. The van der Waals surface area contributed by atoms with Gasteiger partial charge in [0.05, 0.1) is 18.2 Å². The number of rotatable bonds is 6. The molecule has 3 atom stereocenters. The van der Waals surface area contributed by atoms with E-state index >= 15 is 0 Å². The molecular formula is C34H47N3O5. The van der Waals surface area contributed by atoms with E-state index in [2.05, 4.69) is 27.7 Å². The van der Waals surface area contributed by atoms with Crippen molar-refractivity contribution in [3.63, 3.8) is 0 Å². The summed E-state index contributed by atoms with van der Waals surface area (Å²) in [7, 11) is 0. The molecule has 8 heteroatoms. The highest BCUT2D eigenvalue weighted by Gasteiger charge is 2.66. The number of ketones is 3. The lowest BCUT2D eigenvalue weighted by molar-refractivity contribution is -0.139. The summed E-state index contributed by atoms with van der Waals surface area (Å²) in [5.41, 5.74) is 1.59. The molecule has 2 bridgehead atoms. The van der Waals surface area contributed by atoms with Gasteiger partial charge in [-0.2, -0.15) is 5.10 Å². The Labute approximate surface area is 249 Å². The van der Waals surface area contributed by atoms with Gasteiger partial charge in [0.2, 0.25) is 5.91 Å². The number of benzene rings is 1. The second kappa shape index (κ2) is 11.6. The van der Waals surface area contributed by atoms with Crippen molar-refractivity contribution in [2.24, 2.45) is 16.7 Å². The second-order valence-corrected chi connectivity index (χ2v) is 14.0. The number of nitrogens with zero attached hydrogens (tertiary/aromatic N) is 3. The molecule has 8 nitrogen and oxygen atoms in total. The standard InChI is InChI=1S/C34H47N3O5/c1-7-27(39)26-17-34-14-12-29(40)33(5,6)13-10-8-9-11-23-15-24(42-20-21(2)3)16-25-31(22(4)38)35-36(32(23)25)19-30(41)37(26)28(34)18-34/h15-16,21,26,28H,7-14,17-20H2,1-6H3/t26-,28+,34-/m0/s1. The van der Waals surface area contributed by atoms with Gasteiger partial charge in [0.15, 0.2) is 11.6 Å². The molecular weight excluding hydrogens is 530 g/mol. The van der Waals surface area contributed by atoms with Crippen LogP contribution < -0.4 is 4.74 Å². The maximum absolute atomic E-state index is 14.1. The van der Waals surface area contributed by atoms with E-state index in [1.807, 2.05) is 19.1 Å². The Bertz CT molecular complexity index is 1410. The number of carbonyl (C=O) groups excluding carboxylic acids is 4. The van der Waals surface area contributed by atoms with Crippen molar-refractivity contribution >= 4 is 34.2 Å². The third-order valence-electron chi connectivity index (χ3n) is 9.88. The Morgan fingerprint density at radius 1 is 1.07 bits per heavy atom. The number of piperidine rings is 1. The summed E-state index contributed by atoms with van der Waals surface area (Å²) in [6.07, 6.45) is 7.46. The van der Waals surface area contributed by atoms with Crippen molar-refractivity contribution in [1.29, 1.82) is 0 Å². The minimum Gasteiger partial charge on any atom is -0.493 e. The van der Waals surface area contributed by atoms with Gasteiger partial charge in [-0.05, 0) is 67.6 Å². The fraction of sp³-hybridized carbons (Fsp3) is 0.676. The molecule has 3 heterocycles. The first-order chi connectivity index (χ1) is 19.9. The van der Waals surface area contributed by atoms with Gasteiger partial charge in [0, 0.05) is 36.6 Å². The molecule has 0 unspecified atom stereocenters. The van der Waals surface area contributed by atoms with Crippen molar-refractivity contribution in [1.82, 2.24) is 14.7 Å². The first-order valence-corrected chi connectivity index (χ1v) is 15.9. The molecule has 1 amide bonds. The zero-order valence-corrected chi connectivity index (χ0v) is 26.3.